The highest BCUT2D eigenvalue weighted by Crippen LogP contribution is 2.56. The van der Waals surface area contributed by atoms with Gasteiger partial charge >= 0.3 is 0 Å². The average molecular weight is 2180 g/mol. The first kappa shape index (κ1) is 126. The standard InChI is InChI=1S/C36H50O2S2.2C34H46O2S2.C30H38O2S2/c1-13-35(11,14-2)29-21-23(19-27(39-29)33(5,6)7)17-25-31(37)26(32(25)38)18-24-20-28(34(8,9)10)40-30(22-24)36(12,15-3)16-4;1-13-33(9,10)27-19-21(17-25(37-27)31(3,4)5)15-23-29(35)24(30(23)36)16-22-18-26(32(6,7)8)38-28(20-22)34(11,12)14-2;1-9-11-13-15-25-17-23(21-29(37-25)33(3,4)5)19-27-31(35)28(32(27)36)20-24-18-26(16-14-12-10-2)38-30(22-24)34(6,7)8;1-9-11-21-13-19(17-25(33-21)29(3,4)5)15-23-27(31)24(28(23)32)16-20-14-22(12-10-2)34-26(18-20)30(6,7)8/h17-22H,13-16H2,1-12H3;15-20H,13-14H2,1-12H3;17-22H,9-16H2,1-8H3;13-18H,9-12H2,1-8H3. The van der Waals surface area contributed by atoms with Crippen molar-refractivity contribution in [1.82, 2.24) is 0 Å². The summed E-state index contributed by atoms with van der Waals surface area (Å²) in [5.41, 5.74) is 10.2. The van der Waals surface area contributed by atoms with E-state index in [0.717, 1.165) is 134 Å². The lowest BCUT2D eigenvalue weighted by molar-refractivity contribution is -0.301. The molecule has 150 heavy (non-hydrogen) atoms. The van der Waals surface area contributed by atoms with E-state index in [4.69, 9.17) is 0 Å². The maximum absolute atomic E-state index is 13.4. The quantitative estimate of drug-likeness (QED) is 0.0276. The third-order valence-electron chi connectivity index (χ3n) is 29.5. The molecular formula is C134H180O8S8. The summed E-state index contributed by atoms with van der Waals surface area (Å²) >= 11 is 14.7. The van der Waals surface area contributed by atoms with Crippen molar-refractivity contribution in [2.45, 2.75) is 425 Å². The molecule has 0 unspecified atom stereocenters. The fourth-order valence-electron chi connectivity index (χ4n) is 17.0. The van der Waals surface area contributed by atoms with Crippen LogP contribution < -0.4 is 20.4 Å². The Morgan fingerprint density at radius 3 is 0.813 bits per heavy atom. The Hall–Kier alpha value is -7.64. The van der Waals surface area contributed by atoms with E-state index in [-0.39, 0.29) is 122 Å². The first-order chi connectivity index (χ1) is 69.4. The number of Topliss-reactive ketones (excluding diaryl/α,β-unsaturated/α-hetero) is 4. The Labute approximate surface area is 940 Å². The minimum absolute atomic E-state index is 0.0144. The van der Waals surface area contributed by atoms with Gasteiger partial charge in [-0.2, -0.15) is 0 Å². The molecule has 8 nitrogen and oxygen atoms in total. The summed E-state index contributed by atoms with van der Waals surface area (Å²) in [6, 6.07) is 17.2. The predicted octanol–water partition coefficient (Wildman–Crippen LogP) is 37.7. The van der Waals surface area contributed by atoms with Crippen molar-refractivity contribution in [3.05, 3.63) is 312 Å². The molecule has 4 aliphatic heterocycles. The van der Waals surface area contributed by atoms with Crippen LogP contribution in [0.25, 0.3) is 24.3 Å². The summed E-state index contributed by atoms with van der Waals surface area (Å²) < 4.78 is 0. The molecule has 4 aliphatic carbocycles. The summed E-state index contributed by atoms with van der Waals surface area (Å²) in [6.07, 6.45) is 51.3. The second-order valence-electron chi connectivity index (χ2n) is 51.9. The number of aryl methyl sites for hydroxylation is 2. The van der Waals surface area contributed by atoms with E-state index in [1.165, 1.54) is 104 Å². The molecule has 0 aromatic carbocycles. The number of carbonyl (C=O) groups is 4. The molecule has 812 valence electrons. The number of thioether (sulfide) groups is 4. The lowest BCUT2D eigenvalue weighted by Gasteiger charge is -2.36. The Morgan fingerprint density at radius 1 is 0.240 bits per heavy atom. The maximum Gasteiger partial charge on any atom is 0.219 e. The van der Waals surface area contributed by atoms with Gasteiger partial charge < -0.3 is 20.4 Å². The van der Waals surface area contributed by atoms with Gasteiger partial charge in [0.25, 0.3) is 0 Å². The average Bonchev–Trinajstić information content (AvgIpc) is 0.751. The molecule has 0 saturated carbocycles. The van der Waals surface area contributed by atoms with Gasteiger partial charge in [-0.15, -0.1) is 0 Å². The van der Waals surface area contributed by atoms with Gasteiger partial charge in [-0.25, -0.2) is 0 Å². The highest BCUT2D eigenvalue weighted by Gasteiger charge is 2.42. The maximum atomic E-state index is 13.4. The normalized spacial score (nSPS) is 19.3. The molecule has 0 N–H and O–H groups in total. The number of hydrogen-bond donors (Lipinski definition) is 0. The highest BCUT2D eigenvalue weighted by molar-refractivity contribution is 8.07. The molecule has 0 radical (unpaired) electrons. The van der Waals surface area contributed by atoms with Crippen molar-refractivity contribution in [3.8, 4) is 0 Å². The van der Waals surface area contributed by atoms with Crippen LogP contribution in [-0.2, 0) is 64.5 Å². The second-order valence-corrected chi connectivity index (χ2v) is 60.9. The van der Waals surface area contributed by atoms with Gasteiger partial charge in [0.05, 0.1) is 0 Å². The first-order valence-corrected chi connectivity index (χ1v) is 61.9. The summed E-state index contributed by atoms with van der Waals surface area (Å²) in [6.45, 7) is 88.8. The number of ketones is 4. The van der Waals surface area contributed by atoms with E-state index in [1.807, 2.05) is 117 Å². The number of rotatable bonds is 30. The molecule has 12 rings (SSSR count). The summed E-state index contributed by atoms with van der Waals surface area (Å²) in [5, 5.41) is 52.8. The topological polar surface area (TPSA) is 161 Å². The van der Waals surface area contributed by atoms with Crippen molar-refractivity contribution in [2.24, 2.45) is 32.5 Å². The molecule has 0 amide bonds. The van der Waals surface area contributed by atoms with Crippen LogP contribution in [0.5, 0.6) is 0 Å². The van der Waals surface area contributed by atoms with Gasteiger partial charge in [0.2, 0.25) is 84.4 Å². The van der Waals surface area contributed by atoms with Crippen LogP contribution in [-0.4, -0.2) is 23.1 Å². The Kier molecular flexibility index (Phi) is 42.5. The number of allylic oxidation sites excluding steroid dienone is 32. The number of carbonyl (C=O) groups excluding carboxylic acids is 4. The summed E-state index contributed by atoms with van der Waals surface area (Å²) in [5.74, 6) is -1.16. The van der Waals surface area contributed by atoms with Crippen molar-refractivity contribution >= 4 is 140 Å². The fourth-order valence-corrected chi connectivity index (χ4v) is 27.7. The van der Waals surface area contributed by atoms with Gasteiger partial charge in [0.15, 0.2) is 23.1 Å². The van der Waals surface area contributed by atoms with E-state index in [1.54, 1.807) is 24.3 Å². The smallest absolute Gasteiger partial charge is 0.219 e. The van der Waals surface area contributed by atoms with Crippen LogP contribution in [0.1, 0.15) is 441 Å². The summed E-state index contributed by atoms with van der Waals surface area (Å²) in [7, 11) is 0. The third kappa shape index (κ3) is 32.3. The lowest BCUT2D eigenvalue weighted by Crippen LogP contribution is -2.29. The van der Waals surface area contributed by atoms with Crippen LogP contribution in [0.15, 0.2) is 251 Å². The molecule has 0 atom stereocenters. The van der Waals surface area contributed by atoms with Gasteiger partial charge in [-0.05, 0) is 284 Å². The van der Waals surface area contributed by atoms with Crippen LogP contribution in [0.4, 0.5) is 0 Å². The summed E-state index contributed by atoms with van der Waals surface area (Å²) in [4.78, 5) is 73.4. The molecule has 0 fully saturated rings. The molecule has 16 heteroatoms. The monoisotopic (exact) mass is 2170 g/mol. The van der Waals surface area contributed by atoms with E-state index in [0.29, 0.717) is 33.4 Å². The predicted molar refractivity (Wildman–Crippen MR) is 655 cm³/mol. The van der Waals surface area contributed by atoms with Crippen LogP contribution in [0.2, 0.25) is 0 Å². The molecule has 0 saturated heterocycles. The van der Waals surface area contributed by atoms with E-state index < -0.39 is 0 Å². The Morgan fingerprint density at radius 2 is 0.507 bits per heavy atom. The molecule has 8 heterocycles. The lowest BCUT2D eigenvalue weighted by atomic mass is 9.81. The fraction of sp³-hybridized carbons (Fsp3) is 0.522. The second kappa shape index (κ2) is 50.7. The van der Waals surface area contributed by atoms with Gasteiger partial charge in [-0.3, -0.25) is 19.2 Å². The van der Waals surface area contributed by atoms with Crippen LogP contribution >= 0.6 is 92.4 Å². The third-order valence-corrected chi connectivity index (χ3v) is 42.9. The van der Waals surface area contributed by atoms with Crippen molar-refractivity contribution in [1.29, 1.82) is 0 Å². The van der Waals surface area contributed by atoms with Gasteiger partial charge in [-0.1, -0.05) is 379 Å². The van der Waals surface area contributed by atoms with Crippen LogP contribution in [0.3, 0.4) is 0 Å². The molecule has 8 aliphatic rings. The van der Waals surface area contributed by atoms with Crippen molar-refractivity contribution < 1.29 is 39.6 Å². The first-order valence-electron chi connectivity index (χ1n) is 55.4. The van der Waals surface area contributed by atoms with Gasteiger partial charge in [0.1, 0.15) is 0 Å². The van der Waals surface area contributed by atoms with Gasteiger partial charge in [0, 0.05) is 138 Å². The molecule has 0 spiro atoms. The zero-order valence-corrected chi connectivity index (χ0v) is 106. The molecular weight excluding hydrogens is 1990 g/mol. The zero-order chi connectivity index (χ0) is 112. The van der Waals surface area contributed by atoms with E-state index in [9.17, 15) is 39.6 Å². The number of hydrogen-bond acceptors (Lipinski definition) is 12. The number of unbranched alkanes of at least 4 members (excludes halogenated alkanes) is 4. The largest absolute Gasteiger partial charge is 0.871 e. The van der Waals surface area contributed by atoms with E-state index >= 15 is 0 Å². The van der Waals surface area contributed by atoms with E-state index in [2.05, 4.69) is 374 Å². The minimum Gasteiger partial charge on any atom is -0.871 e. The minimum atomic E-state index is -0.155. The molecule has 0 bridgehead atoms. The Bertz CT molecular complexity index is 6470. The zero-order valence-electron chi connectivity index (χ0n) is 99.1. The SMILES string of the molecule is CCC(C)(C)C1=C/C(=C/C2=C([O-])C(=Cc3cc(C(C)(C)C)[s+]c(C(C)(C)CC)c3)C2=O)C=C(C(C)(C)C)S1.CCC(C)(CC)C1=C/C(=C/C2=C([O-])C(=Cc3cc(C(C)(C)C)[s+]c(C(C)(CC)CC)c3)C2=O)C=C(C(C)(C)C)S1.CCCC1=C/C(=C/C2=C([O-])C(=C/c3cc(CCC)[s+]c(C(C)(C)C)c3)/C2=O)C=C(C(C)(C)C)S1.CCCCCC1=C/C(=C/C2=C([O-])C(=C/c3cc(CCCCC)[s+]c(C(C)(C)C)c3)/C2=O)C=C(C(C)(C)C)S1. The van der Waals surface area contributed by atoms with Crippen molar-refractivity contribution in [2.75, 3.05) is 0 Å². The van der Waals surface area contributed by atoms with Crippen molar-refractivity contribution in [3.63, 3.8) is 0 Å². The molecule has 4 aromatic rings. The highest BCUT2D eigenvalue weighted by atomic mass is 32.2. The molecule has 4 aromatic heterocycles. The van der Waals surface area contributed by atoms with Crippen LogP contribution in [0, 0.1) is 32.5 Å². The Balaban J connectivity index is 0.000000222.